The van der Waals surface area contributed by atoms with Gasteiger partial charge in [0.25, 0.3) is 0 Å². The van der Waals surface area contributed by atoms with Gasteiger partial charge in [-0.3, -0.25) is 0 Å². The van der Waals surface area contributed by atoms with Gasteiger partial charge in [0.05, 0.1) is 11.7 Å². The third kappa shape index (κ3) is 0.885. The van der Waals surface area contributed by atoms with Crippen LogP contribution < -0.4 is 0 Å². The first-order valence-electron chi connectivity index (χ1n) is 4.07. The summed E-state index contributed by atoms with van der Waals surface area (Å²) in [4.78, 5) is 0. The summed E-state index contributed by atoms with van der Waals surface area (Å²) in [5, 5.41) is 0. The van der Waals surface area contributed by atoms with Crippen molar-refractivity contribution in [2.75, 3.05) is 0 Å². The zero-order chi connectivity index (χ0) is 7.03. The minimum absolute atomic E-state index is 0.0677. The third-order valence-corrected chi connectivity index (χ3v) is 2.73. The first-order valence-corrected chi connectivity index (χ1v) is 4.07. The Kier molecular flexibility index (Phi) is 1.50. The number of fused-ring (bicyclic) bond motifs is 1. The second-order valence-corrected chi connectivity index (χ2v) is 3.48. The molecule has 1 aliphatic carbocycles. The minimum atomic E-state index is 0.0677. The van der Waals surface area contributed by atoms with Crippen LogP contribution in [0.2, 0.25) is 0 Å². The number of rotatable bonds is 0. The van der Waals surface area contributed by atoms with Crippen LogP contribution in [-0.4, -0.2) is 19.4 Å². The Hall–Kier alpha value is -0.0151. The van der Waals surface area contributed by atoms with E-state index in [9.17, 15) is 0 Å². The molecule has 1 unspecified atom stereocenters. The van der Waals surface area contributed by atoms with E-state index in [4.69, 9.17) is 9.31 Å². The molecule has 2 fully saturated rings. The molecule has 0 bridgehead atoms. The lowest BCUT2D eigenvalue weighted by Gasteiger charge is -2.34. The van der Waals surface area contributed by atoms with E-state index in [0.717, 1.165) is 0 Å². The van der Waals surface area contributed by atoms with Gasteiger partial charge in [-0.15, -0.1) is 0 Å². The molecule has 1 heterocycles. The van der Waals surface area contributed by atoms with Crippen LogP contribution in [0, 0.1) is 0 Å². The van der Waals surface area contributed by atoms with E-state index < -0.39 is 0 Å². The molecule has 0 radical (unpaired) electrons. The van der Waals surface area contributed by atoms with Gasteiger partial charge in [0.2, 0.25) is 0 Å². The average molecular weight is 140 g/mol. The summed E-state index contributed by atoms with van der Waals surface area (Å²) in [5.41, 5.74) is 0.0677. The Morgan fingerprint density at radius 3 is 3.20 bits per heavy atom. The maximum atomic E-state index is 5.52. The van der Waals surface area contributed by atoms with Crippen molar-refractivity contribution in [1.29, 1.82) is 0 Å². The van der Waals surface area contributed by atoms with Crippen LogP contribution in [0.1, 0.15) is 32.6 Å². The highest BCUT2D eigenvalue weighted by atomic mass is 16.6. The molecule has 1 saturated carbocycles. The molecule has 10 heavy (non-hydrogen) atoms. The average Bonchev–Trinajstić information content (AvgIpc) is 2.29. The van der Waals surface area contributed by atoms with Crippen molar-refractivity contribution in [3.05, 3.63) is 0 Å². The zero-order valence-electron chi connectivity index (χ0n) is 6.43. The fourth-order valence-electron chi connectivity index (χ4n) is 1.95. The van der Waals surface area contributed by atoms with E-state index in [1.165, 1.54) is 25.7 Å². The van der Waals surface area contributed by atoms with Crippen LogP contribution in [0.4, 0.5) is 0 Å². The summed E-state index contributed by atoms with van der Waals surface area (Å²) in [6, 6.07) is 0. The van der Waals surface area contributed by atoms with Crippen LogP contribution in [-0.2, 0) is 9.31 Å². The first kappa shape index (κ1) is 6.68. The lowest BCUT2D eigenvalue weighted by Crippen LogP contribution is -2.39. The van der Waals surface area contributed by atoms with Crippen molar-refractivity contribution in [2.45, 2.75) is 44.3 Å². The lowest BCUT2D eigenvalue weighted by molar-refractivity contribution is 0.0184. The van der Waals surface area contributed by atoms with Crippen molar-refractivity contribution in [3.63, 3.8) is 0 Å². The summed E-state index contributed by atoms with van der Waals surface area (Å²) in [5.74, 6) is 0. The van der Waals surface area contributed by atoms with Crippen molar-refractivity contribution < 1.29 is 9.31 Å². The molecule has 2 aliphatic rings. The normalized spacial score (nSPS) is 46.3. The van der Waals surface area contributed by atoms with E-state index in [1.807, 2.05) is 0 Å². The highest BCUT2D eigenvalue weighted by Crippen LogP contribution is 2.36. The molecule has 0 aromatic rings. The number of hydrogen-bond acceptors (Lipinski definition) is 2. The maximum Gasteiger partial charge on any atom is 0.438 e. The number of hydrogen-bond donors (Lipinski definition) is 0. The molecule has 2 nitrogen and oxygen atoms in total. The topological polar surface area (TPSA) is 18.5 Å². The van der Waals surface area contributed by atoms with Gasteiger partial charge in [-0.25, -0.2) is 0 Å². The van der Waals surface area contributed by atoms with Gasteiger partial charge in [-0.2, -0.15) is 0 Å². The summed E-state index contributed by atoms with van der Waals surface area (Å²) in [7, 11) is 0.515. The van der Waals surface area contributed by atoms with Gasteiger partial charge in [0, 0.05) is 0 Å². The summed E-state index contributed by atoms with van der Waals surface area (Å²) in [6.45, 7) is 2.17. The third-order valence-electron chi connectivity index (χ3n) is 2.73. The molecule has 0 amide bonds. The Labute approximate surface area is 62.2 Å². The van der Waals surface area contributed by atoms with Crippen molar-refractivity contribution in [1.82, 2.24) is 0 Å². The Bertz CT molecular complexity index is 140. The smallest absolute Gasteiger partial charge is 0.408 e. The van der Waals surface area contributed by atoms with Gasteiger partial charge < -0.3 is 9.31 Å². The van der Waals surface area contributed by atoms with Gasteiger partial charge in [0.1, 0.15) is 0 Å². The zero-order valence-corrected chi connectivity index (χ0v) is 6.43. The fraction of sp³-hybridized carbons (Fsp3) is 1.00. The van der Waals surface area contributed by atoms with Crippen molar-refractivity contribution in [2.24, 2.45) is 0 Å². The predicted octanol–water partition coefficient (Wildman–Crippen LogP) is 1.00. The standard InChI is InChI=1S/C7H13BO2/c1-7-5-3-2-4-6(7)9-8-10-7/h6,8H,2-5H2,1H3/t6?,7-/m0/s1. The quantitative estimate of drug-likeness (QED) is 0.467. The molecule has 0 spiro atoms. The van der Waals surface area contributed by atoms with Gasteiger partial charge in [-0.05, 0) is 19.8 Å². The van der Waals surface area contributed by atoms with Crippen LogP contribution in [0.5, 0.6) is 0 Å². The molecule has 3 heteroatoms. The summed E-state index contributed by atoms with van der Waals surface area (Å²) in [6.07, 6.45) is 5.37. The van der Waals surface area contributed by atoms with Gasteiger partial charge in [-0.1, -0.05) is 12.8 Å². The molecule has 0 N–H and O–H groups in total. The molecule has 0 aromatic carbocycles. The highest BCUT2D eigenvalue weighted by Gasteiger charge is 2.42. The molecule has 2 atom stereocenters. The first-order chi connectivity index (χ1) is 4.81. The highest BCUT2D eigenvalue weighted by molar-refractivity contribution is 6.19. The lowest BCUT2D eigenvalue weighted by atomic mass is 9.84. The van der Waals surface area contributed by atoms with Crippen molar-refractivity contribution >= 4 is 7.69 Å². The van der Waals surface area contributed by atoms with Gasteiger partial charge in [0.15, 0.2) is 0 Å². The SMILES string of the molecule is C[C@]12CCCCC1OBO2. The van der Waals surface area contributed by atoms with E-state index >= 15 is 0 Å². The molecular formula is C7H13BO2. The van der Waals surface area contributed by atoms with Crippen molar-refractivity contribution in [3.8, 4) is 0 Å². The van der Waals surface area contributed by atoms with Crippen LogP contribution in [0.25, 0.3) is 0 Å². The largest absolute Gasteiger partial charge is 0.438 e. The molecule has 56 valence electrons. The molecule has 1 aliphatic heterocycles. The second kappa shape index (κ2) is 2.24. The minimum Gasteiger partial charge on any atom is -0.408 e. The molecule has 1 saturated heterocycles. The Morgan fingerprint density at radius 1 is 1.50 bits per heavy atom. The summed E-state index contributed by atoms with van der Waals surface area (Å²) < 4.78 is 11.0. The van der Waals surface area contributed by atoms with E-state index in [-0.39, 0.29) is 5.60 Å². The van der Waals surface area contributed by atoms with E-state index in [1.54, 1.807) is 0 Å². The molecule has 0 aromatic heterocycles. The Morgan fingerprint density at radius 2 is 2.40 bits per heavy atom. The van der Waals surface area contributed by atoms with Crippen LogP contribution >= 0.6 is 0 Å². The molecular weight excluding hydrogens is 127 g/mol. The van der Waals surface area contributed by atoms with Crippen LogP contribution in [0.3, 0.4) is 0 Å². The second-order valence-electron chi connectivity index (χ2n) is 3.48. The monoisotopic (exact) mass is 140 g/mol. The Balaban J connectivity index is 2.10. The van der Waals surface area contributed by atoms with E-state index in [0.29, 0.717) is 13.8 Å². The fourth-order valence-corrected chi connectivity index (χ4v) is 1.95. The summed E-state index contributed by atoms with van der Waals surface area (Å²) >= 11 is 0. The maximum absolute atomic E-state index is 5.52. The predicted molar refractivity (Wildman–Crippen MR) is 40.0 cm³/mol. The van der Waals surface area contributed by atoms with Crippen LogP contribution in [0.15, 0.2) is 0 Å². The molecule has 2 rings (SSSR count). The van der Waals surface area contributed by atoms with E-state index in [2.05, 4.69) is 6.92 Å². The van der Waals surface area contributed by atoms with Gasteiger partial charge >= 0.3 is 7.69 Å².